The molecule has 0 saturated heterocycles. The Kier molecular flexibility index (Phi) is 6.01. The van der Waals surface area contributed by atoms with Crippen LogP contribution in [-0.2, 0) is 13.0 Å². The first-order chi connectivity index (χ1) is 10.9. The highest BCUT2D eigenvalue weighted by Crippen LogP contribution is 2.19. The van der Waals surface area contributed by atoms with E-state index < -0.39 is 24.1 Å². The number of hydrogen-bond acceptors (Lipinski definition) is 2. The molecule has 0 fully saturated rings. The molecule has 1 aromatic carbocycles. The predicted molar refractivity (Wildman–Crippen MR) is 79.9 cm³/mol. The molecular formula is C15H16ClF4N3. The van der Waals surface area contributed by atoms with Gasteiger partial charge in [-0.15, -0.1) is 0 Å². The number of rotatable bonds is 7. The summed E-state index contributed by atoms with van der Waals surface area (Å²) >= 11 is 6.16. The number of nitrogens with zero attached hydrogens (tertiary/aromatic N) is 2. The lowest BCUT2D eigenvalue weighted by Gasteiger charge is -2.12. The lowest BCUT2D eigenvalue weighted by Crippen LogP contribution is -2.33. The minimum absolute atomic E-state index is 0.0613. The van der Waals surface area contributed by atoms with Crippen molar-refractivity contribution in [3.63, 3.8) is 0 Å². The maximum atomic E-state index is 13.6. The van der Waals surface area contributed by atoms with E-state index in [4.69, 9.17) is 11.6 Å². The van der Waals surface area contributed by atoms with Crippen LogP contribution in [0.4, 0.5) is 17.6 Å². The van der Waals surface area contributed by atoms with Crippen LogP contribution in [0.5, 0.6) is 0 Å². The summed E-state index contributed by atoms with van der Waals surface area (Å²) in [5.41, 5.74) is 0.926. The van der Waals surface area contributed by atoms with Crippen molar-refractivity contribution in [1.29, 1.82) is 0 Å². The summed E-state index contributed by atoms with van der Waals surface area (Å²) in [4.78, 5) is 0. The molecule has 3 nitrogen and oxygen atoms in total. The molecule has 0 aliphatic rings. The molecule has 0 spiro atoms. The third-order valence-electron chi connectivity index (χ3n) is 3.42. The minimum atomic E-state index is -2.44. The van der Waals surface area contributed by atoms with E-state index in [-0.39, 0.29) is 12.1 Å². The average Bonchev–Trinajstić information content (AvgIpc) is 2.83. The Bertz CT molecular complexity index is 660. The van der Waals surface area contributed by atoms with Crippen LogP contribution in [0.15, 0.2) is 24.4 Å². The zero-order chi connectivity index (χ0) is 17.0. The van der Waals surface area contributed by atoms with Crippen LogP contribution < -0.4 is 5.32 Å². The first-order valence-electron chi connectivity index (χ1n) is 7.04. The zero-order valence-electron chi connectivity index (χ0n) is 12.4. The Hall–Kier alpha value is -1.60. The SMILES string of the molecule is CC(NCCc1cnn(Cc2ccc(F)cc2F)c1Cl)C(F)F. The van der Waals surface area contributed by atoms with Crippen LogP contribution in [-0.4, -0.2) is 28.8 Å². The quantitative estimate of drug-likeness (QED) is 0.773. The second-order valence-corrected chi connectivity index (χ2v) is 5.54. The van der Waals surface area contributed by atoms with Crippen molar-refractivity contribution in [3.05, 3.63) is 52.3 Å². The number of aromatic nitrogens is 2. The first-order valence-corrected chi connectivity index (χ1v) is 7.42. The second-order valence-electron chi connectivity index (χ2n) is 5.18. The van der Waals surface area contributed by atoms with E-state index in [9.17, 15) is 17.6 Å². The van der Waals surface area contributed by atoms with Crippen molar-refractivity contribution in [2.45, 2.75) is 32.4 Å². The van der Waals surface area contributed by atoms with Crippen molar-refractivity contribution in [2.24, 2.45) is 0 Å². The number of halogens is 5. The maximum Gasteiger partial charge on any atom is 0.253 e. The van der Waals surface area contributed by atoms with Crippen molar-refractivity contribution in [1.82, 2.24) is 15.1 Å². The molecule has 0 radical (unpaired) electrons. The molecule has 23 heavy (non-hydrogen) atoms. The minimum Gasteiger partial charge on any atom is -0.309 e. The highest BCUT2D eigenvalue weighted by molar-refractivity contribution is 6.30. The summed E-state index contributed by atoms with van der Waals surface area (Å²) in [6.45, 7) is 1.78. The van der Waals surface area contributed by atoms with Gasteiger partial charge in [0.2, 0.25) is 0 Å². The van der Waals surface area contributed by atoms with Crippen LogP contribution in [0.3, 0.4) is 0 Å². The Morgan fingerprint density at radius 2 is 2.00 bits per heavy atom. The number of alkyl halides is 2. The van der Waals surface area contributed by atoms with Gasteiger partial charge in [-0.25, -0.2) is 22.2 Å². The standard InChI is InChI=1S/C15H16ClF4N3/c1-9(15(19)20)21-5-4-10-7-22-23(14(10)16)8-11-2-3-12(17)6-13(11)18/h2-3,6-7,9,15,21H,4-5,8H2,1H3. The molecule has 0 aliphatic heterocycles. The second kappa shape index (κ2) is 7.79. The van der Waals surface area contributed by atoms with Crippen molar-refractivity contribution >= 4 is 11.6 Å². The fourth-order valence-corrected chi connectivity index (χ4v) is 2.27. The fourth-order valence-electron chi connectivity index (χ4n) is 2.02. The highest BCUT2D eigenvalue weighted by atomic mass is 35.5. The van der Waals surface area contributed by atoms with Gasteiger partial charge in [0.15, 0.2) is 0 Å². The summed E-state index contributed by atoms with van der Waals surface area (Å²) < 4.78 is 52.7. The smallest absolute Gasteiger partial charge is 0.253 e. The van der Waals surface area contributed by atoms with E-state index >= 15 is 0 Å². The Labute approximate surface area is 136 Å². The van der Waals surface area contributed by atoms with Crippen LogP contribution in [0, 0.1) is 11.6 Å². The highest BCUT2D eigenvalue weighted by Gasteiger charge is 2.15. The topological polar surface area (TPSA) is 29.9 Å². The van der Waals surface area contributed by atoms with Crippen molar-refractivity contribution in [3.8, 4) is 0 Å². The summed E-state index contributed by atoms with van der Waals surface area (Å²) in [6, 6.07) is 2.38. The molecule has 1 N–H and O–H groups in total. The molecule has 2 aromatic rings. The van der Waals surface area contributed by atoms with Gasteiger partial charge in [0.1, 0.15) is 16.8 Å². The molecule has 126 valence electrons. The van der Waals surface area contributed by atoms with E-state index in [1.807, 2.05) is 0 Å². The maximum absolute atomic E-state index is 13.6. The number of nitrogens with one attached hydrogen (secondary N) is 1. The summed E-state index contributed by atoms with van der Waals surface area (Å²) in [5.74, 6) is -1.33. The van der Waals surface area contributed by atoms with Gasteiger partial charge in [0.05, 0.1) is 18.8 Å². The molecule has 1 aromatic heterocycles. The number of hydrogen-bond donors (Lipinski definition) is 1. The van der Waals surface area contributed by atoms with Crippen molar-refractivity contribution < 1.29 is 17.6 Å². The molecule has 0 amide bonds. The third-order valence-corrected chi connectivity index (χ3v) is 3.86. The van der Waals surface area contributed by atoms with E-state index in [0.717, 1.165) is 12.1 Å². The monoisotopic (exact) mass is 349 g/mol. The Morgan fingerprint density at radius 3 is 2.65 bits per heavy atom. The summed E-state index contributed by atoms with van der Waals surface area (Å²) in [7, 11) is 0. The van der Waals surface area contributed by atoms with Crippen molar-refractivity contribution in [2.75, 3.05) is 6.54 Å². The molecule has 2 rings (SSSR count). The average molecular weight is 350 g/mol. The lowest BCUT2D eigenvalue weighted by atomic mass is 10.2. The van der Waals surface area contributed by atoms with Crippen LogP contribution >= 0.6 is 11.6 Å². The molecule has 8 heteroatoms. The van der Waals surface area contributed by atoms with Crippen LogP contribution in [0.2, 0.25) is 5.15 Å². The Balaban J connectivity index is 1.99. The molecule has 0 saturated carbocycles. The normalized spacial score (nSPS) is 12.8. The molecule has 0 bridgehead atoms. The first kappa shape index (κ1) is 17.7. The Morgan fingerprint density at radius 1 is 1.26 bits per heavy atom. The van der Waals surface area contributed by atoms with Crippen LogP contribution in [0.25, 0.3) is 0 Å². The summed E-state index contributed by atoms with van der Waals surface area (Å²) in [5, 5.41) is 7.05. The molecule has 0 aliphatic carbocycles. The zero-order valence-corrected chi connectivity index (χ0v) is 13.1. The lowest BCUT2D eigenvalue weighted by molar-refractivity contribution is 0.106. The van der Waals surface area contributed by atoms with Gasteiger partial charge in [-0.05, 0) is 26.0 Å². The van der Waals surface area contributed by atoms with E-state index in [2.05, 4.69) is 10.4 Å². The van der Waals surface area contributed by atoms with Gasteiger partial charge in [-0.3, -0.25) is 0 Å². The van der Waals surface area contributed by atoms with Gasteiger partial charge >= 0.3 is 0 Å². The fraction of sp³-hybridized carbons (Fsp3) is 0.400. The van der Waals surface area contributed by atoms with E-state index in [1.165, 1.54) is 23.9 Å². The van der Waals surface area contributed by atoms with E-state index in [1.54, 1.807) is 0 Å². The van der Waals surface area contributed by atoms with E-state index in [0.29, 0.717) is 23.7 Å². The summed E-state index contributed by atoms with van der Waals surface area (Å²) in [6.07, 6.45) is -0.505. The van der Waals surface area contributed by atoms with Gasteiger partial charge in [-0.1, -0.05) is 17.7 Å². The molecule has 1 unspecified atom stereocenters. The van der Waals surface area contributed by atoms with Gasteiger partial charge in [-0.2, -0.15) is 5.10 Å². The molecular weight excluding hydrogens is 334 g/mol. The van der Waals surface area contributed by atoms with Gasteiger partial charge < -0.3 is 5.32 Å². The largest absolute Gasteiger partial charge is 0.309 e. The predicted octanol–water partition coefficient (Wildman–Crippen LogP) is 3.65. The van der Waals surface area contributed by atoms with Gasteiger partial charge in [0.25, 0.3) is 6.43 Å². The number of benzene rings is 1. The van der Waals surface area contributed by atoms with Gasteiger partial charge in [0, 0.05) is 17.2 Å². The van der Waals surface area contributed by atoms with Crippen LogP contribution in [0.1, 0.15) is 18.1 Å². The third kappa shape index (κ3) is 4.68. The molecule has 1 heterocycles. The molecule has 1 atom stereocenters.